The van der Waals surface area contributed by atoms with Gasteiger partial charge >= 0.3 is 0 Å². The van der Waals surface area contributed by atoms with Crippen molar-refractivity contribution in [2.45, 2.75) is 0 Å². The molecule has 0 aromatic heterocycles. The fourth-order valence-corrected chi connectivity index (χ4v) is 2.27. The molecular weight excluding hydrogens is 162 g/mol. The number of hydrogen-bond donors (Lipinski definition) is 1. The molecule has 1 N–H and O–H groups in total. The van der Waals surface area contributed by atoms with Gasteiger partial charge in [0.25, 0.3) is 0 Å². The second-order valence-corrected chi connectivity index (χ2v) is 4.45. The minimum atomic E-state index is -0.664. The van der Waals surface area contributed by atoms with Gasteiger partial charge in [0.15, 0.2) is 0 Å². The molecule has 1 fully saturated rings. The van der Waals surface area contributed by atoms with E-state index in [-0.39, 0.29) is 0 Å². The fourth-order valence-electron chi connectivity index (χ4n) is 0.989. The number of nitrogens with one attached hydrogen (secondary N) is 1. The summed E-state index contributed by atoms with van der Waals surface area (Å²) in [5, 5.41) is 3.16. The van der Waals surface area contributed by atoms with Crippen LogP contribution in [0.25, 0.3) is 0 Å². The minimum absolute atomic E-state index is 0.618. The molecule has 66 valence electrons. The van der Waals surface area contributed by atoms with Crippen LogP contribution >= 0.6 is 0 Å². The molecule has 1 atom stereocenters. The summed E-state index contributed by atoms with van der Waals surface area (Å²) < 4.78 is 16.0. The molecule has 0 radical (unpaired) electrons. The van der Waals surface area contributed by atoms with E-state index in [1.807, 2.05) is 0 Å². The highest BCUT2D eigenvalue weighted by Crippen LogP contribution is 2.04. The highest BCUT2D eigenvalue weighted by atomic mass is 32.2. The van der Waals surface area contributed by atoms with E-state index in [2.05, 4.69) is 5.32 Å². The quantitative estimate of drug-likeness (QED) is 0.621. The molecule has 1 rings (SSSR count). The zero-order valence-corrected chi connectivity index (χ0v) is 7.65. The Bertz CT molecular complexity index is 136. The van der Waals surface area contributed by atoms with E-state index in [1.54, 1.807) is 7.11 Å². The van der Waals surface area contributed by atoms with Gasteiger partial charge in [-0.3, -0.25) is 4.21 Å². The Kier molecular flexibility index (Phi) is 4.04. The normalized spacial score (nSPS) is 21.2. The summed E-state index contributed by atoms with van der Waals surface area (Å²) in [6, 6.07) is 0. The van der Waals surface area contributed by atoms with Gasteiger partial charge in [0.2, 0.25) is 0 Å². The van der Waals surface area contributed by atoms with Crippen LogP contribution < -0.4 is 5.32 Å². The molecule has 0 aromatic rings. The Morgan fingerprint density at radius 2 is 2.36 bits per heavy atom. The van der Waals surface area contributed by atoms with Crippen LogP contribution in [-0.2, 0) is 15.5 Å². The average Bonchev–Trinajstić information content (AvgIpc) is 1.93. The Labute approximate surface area is 70.0 Å². The molecule has 4 heteroatoms. The molecular formula is C7H15NO2S. The minimum Gasteiger partial charge on any atom is -0.384 e. The van der Waals surface area contributed by atoms with Crippen LogP contribution in [0.2, 0.25) is 0 Å². The Morgan fingerprint density at radius 3 is 2.82 bits per heavy atom. The standard InChI is InChI=1S/C7H15NO2S/c1-10-2-3-11(9)6-7-4-8-5-7/h7-8H,2-6H2,1H3. The fraction of sp³-hybridized carbons (Fsp3) is 1.00. The van der Waals surface area contributed by atoms with Crippen LogP contribution in [0.4, 0.5) is 0 Å². The van der Waals surface area contributed by atoms with Gasteiger partial charge in [-0.05, 0) is 5.92 Å². The zero-order chi connectivity index (χ0) is 8.10. The van der Waals surface area contributed by atoms with Crippen LogP contribution in [0.1, 0.15) is 0 Å². The summed E-state index contributed by atoms with van der Waals surface area (Å²) in [5.74, 6) is 2.18. The number of methoxy groups -OCH3 is 1. The Morgan fingerprint density at radius 1 is 1.64 bits per heavy atom. The summed E-state index contributed by atoms with van der Waals surface area (Å²) in [6.07, 6.45) is 0. The predicted molar refractivity (Wildman–Crippen MR) is 46.1 cm³/mol. The van der Waals surface area contributed by atoms with Gasteiger partial charge in [-0.15, -0.1) is 0 Å². The van der Waals surface area contributed by atoms with Crippen molar-refractivity contribution in [1.29, 1.82) is 0 Å². The monoisotopic (exact) mass is 177 g/mol. The lowest BCUT2D eigenvalue weighted by molar-refractivity contribution is 0.218. The van der Waals surface area contributed by atoms with Crippen LogP contribution in [0, 0.1) is 5.92 Å². The van der Waals surface area contributed by atoms with Gasteiger partial charge < -0.3 is 10.1 Å². The molecule has 0 aromatic carbocycles. The van der Waals surface area contributed by atoms with Gasteiger partial charge in [0.1, 0.15) is 0 Å². The first kappa shape index (κ1) is 9.16. The summed E-state index contributed by atoms with van der Waals surface area (Å²) in [5.41, 5.74) is 0. The lowest BCUT2D eigenvalue weighted by Gasteiger charge is -2.26. The molecule has 0 amide bonds. The van der Waals surface area contributed by atoms with E-state index in [1.165, 1.54) is 0 Å². The Balaban J connectivity index is 2.00. The van der Waals surface area contributed by atoms with E-state index >= 15 is 0 Å². The predicted octanol–water partition coefficient (Wildman–Crippen LogP) is -0.399. The number of rotatable bonds is 5. The van der Waals surface area contributed by atoms with E-state index in [0.717, 1.165) is 18.8 Å². The molecule has 0 bridgehead atoms. The second-order valence-electron chi connectivity index (χ2n) is 2.83. The summed E-state index contributed by atoms with van der Waals surface area (Å²) >= 11 is 0. The van der Waals surface area contributed by atoms with Crippen LogP contribution in [0.15, 0.2) is 0 Å². The van der Waals surface area contributed by atoms with Crippen molar-refractivity contribution in [3.63, 3.8) is 0 Å². The number of hydrogen-bond acceptors (Lipinski definition) is 3. The third-order valence-corrected chi connectivity index (χ3v) is 3.27. The molecule has 0 aliphatic carbocycles. The molecule has 1 aliphatic heterocycles. The van der Waals surface area contributed by atoms with Crippen LogP contribution in [0.3, 0.4) is 0 Å². The van der Waals surface area contributed by atoms with Gasteiger partial charge in [0.05, 0.1) is 6.61 Å². The molecule has 1 heterocycles. The summed E-state index contributed by atoms with van der Waals surface area (Å²) in [6.45, 7) is 2.70. The van der Waals surface area contributed by atoms with E-state index in [9.17, 15) is 4.21 Å². The molecule has 0 spiro atoms. The van der Waals surface area contributed by atoms with Crippen LogP contribution in [0.5, 0.6) is 0 Å². The first-order valence-electron chi connectivity index (χ1n) is 3.87. The van der Waals surface area contributed by atoms with Gasteiger partial charge in [-0.2, -0.15) is 0 Å². The van der Waals surface area contributed by atoms with Crippen LogP contribution in [-0.4, -0.2) is 42.5 Å². The molecule has 11 heavy (non-hydrogen) atoms. The zero-order valence-electron chi connectivity index (χ0n) is 6.84. The smallest absolute Gasteiger partial charge is 0.0577 e. The van der Waals surface area contributed by atoms with Crippen molar-refractivity contribution in [3.05, 3.63) is 0 Å². The largest absolute Gasteiger partial charge is 0.384 e. The number of ether oxygens (including phenoxy) is 1. The third-order valence-electron chi connectivity index (χ3n) is 1.80. The van der Waals surface area contributed by atoms with E-state index in [0.29, 0.717) is 18.3 Å². The van der Waals surface area contributed by atoms with Gasteiger partial charge in [0, 0.05) is 42.5 Å². The molecule has 1 saturated heterocycles. The lowest BCUT2D eigenvalue weighted by Crippen LogP contribution is -2.45. The van der Waals surface area contributed by atoms with Crippen molar-refractivity contribution >= 4 is 10.8 Å². The third kappa shape index (κ3) is 3.31. The maximum atomic E-state index is 11.2. The SMILES string of the molecule is COCCS(=O)CC1CNC1. The maximum absolute atomic E-state index is 11.2. The molecule has 0 saturated carbocycles. The second kappa shape index (κ2) is 4.85. The topological polar surface area (TPSA) is 38.3 Å². The molecule has 1 unspecified atom stereocenters. The molecule has 3 nitrogen and oxygen atoms in total. The first-order valence-corrected chi connectivity index (χ1v) is 5.36. The van der Waals surface area contributed by atoms with Gasteiger partial charge in [-0.25, -0.2) is 0 Å². The van der Waals surface area contributed by atoms with Gasteiger partial charge in [-0.1, -0.05) is 0 Å². The highest BCUT2D eigenvalue weighted by molar-refractivity contribution is 7.85. The summed E-state index contributed by atoms with van der Waals surface area (Å²) in [7, 11) is 0.977. The average molecular weight is 177 g/mol. The van der Waals surface area contributed by atoms with Crippen molar-refractivity contribution in [3.8, 4) is 0 Å². The van der Waals surface area contributed by atoms with Crippen molar-refractivity contribution in [2.24, 2.45) is 5.92 Å². The van der Waals surface area contributed by atoms with E-state index < -0.39 is 10.8 Å². The van der Waals surface area contributed by atoms with Crippen molar-refractivity contribution in [2.75, 3.05) is 38.3 Å². The highest BCUT2D eigenvalue weighted by Gasteiger charge is 2.18. The van der Waals surface area contributed by atoms with Crippen molar-refractivity contribution in [1.82, 2.24) is 5.32 Å². The molecule has 1 aliphatic rings. The van der Waals surface area contributed by atoms with Crippen molar-refractivity contribution < 1.29 is 8.95 Å². The maximum Gasteiger partial charge on any atom is 0.0577 e. The first-order chi connectivity index (χ1) is 5.33. The Hall–Kier alpha value is 0.0700. The lowest BCUT2D eigenvalue weighted by atomic mass is 10.1. The van der Waals surface area contributed by atoms with E-state index in [4.69, 9.17) is 4.74 Å². The summed E-state index contributed by atoms with van der Waals surface area (Å²) in [4.78, 5) is 0.